The summed E-state index contributed by atoms with van der Waals surface area (Å²) >= 11 is 1.97. The van der Waals surface area contributed by atoms with E-state index in [1.54, 1.807) is 0 Å². The van der Waals surface area contributed by atoms with E-state index in [1.165, 1.54) is 48.3 Å². The maximum absolute atomic E-state index is 3.85. The van der Waals surface area contributed by atoms with Gasteiger partial charge in [-0.15, -0.1) is 11.3 Å². The molecule has 3 unspecified atom stereocenters. The fourth-order valence-corrected chi connectivity index (χ4v) is 4.03. The minimum Gasteiger partial charge on any atom is -0.307 e. The molecule has 0 bridgehead atoms. The number of hydrogen-bond acceptors (Lipinski definition) is 2. The van der Waals surface area contributed by atoms with Crippen molar-refractivity contribution in [3.63, 3.8) is 0 Å². The van der Waals surface area contributed by atoms with Crippen molar-refractivity contribution in [2.75, 3.05) is 0 Å². The van der Waals surface area contributed by atoms with Crippen LogP contribution in [-0.2, 0) is 6.42 Å². The van der Waals surface area contributed by atoms with E-state index >= 15 is 0 Å². The van der Waals surface area contributed by atoms with Crippen LogP contribution in [0.2, 0.25) is 0 Å². The number of hydrogen-bond donors (Lipinski definition) is 1. The Kier molecular flexibility index (Phi) is 5.25. The molecular formula is C16H27NS. The summed E-state index contributed by atoms with van der Waals surface area (Å²) in [5.74, 6) is 0.956. The van der Waals surface area contributed by atoms with Crippen molar-refractivity contribution in [2.24, 2.45) is 5.92 Å². The average molecular weight is 265 g/mol. The largest absolute Gasteiger partial charge is 0.307 e. The maximum Gasteiger partial charge on any atom is 0.0388 e. The summed E-state index contributed by atoms with van der Waals surface area (Å²) in [7, 11) is 0. The van der Waals surface area contributed by atoms with Crippen molar-refractivity contribution < 1.29 is 0 Å². The highest BCUT2D eigenvalue weighted by molar-refractivity contribution is 7.12. The van der Waals surface area contributed by atoms with Gasteiger partial charge in [0.05, 0.1) is 0 Å². The molecule has 1 nitrogen and oxygen atoms in total. The van der Waals surface area contributed by atoms with Crippen molar-refractivity contribution in [3.8, 4) is 0 Å². The van der Waals surface area contributed by atoms with Gasteiger partial charge in [-0.05, 0) is 44.2 Å². The normalized spacial score (nSPS) is 26.2. The summed E-state index contributed by atoms with van der Waals surface area (Å²) in [6.45, 7) is 6.89. The van der Waals surface area contributed by atoms with Gasteiger partial charge < -0.3 is 5.32 Å². The van der Waals surface area contributed by atoms with Gasteiger partial charge in [0.25, 0.3) is 0 Å². The molecule has 18 heavy (non-hydrogen) atoms. The average Bonchev–Trinajstić information content (AvgIpc) is 2.88. The van der Waals surface area contributed by atoms with E-state index in [0.29, 0.717) is 6.04 Å². The Morgan fingerprint density at radius 3 is 2.83 bits per heavy atom. The number of nitrogens with one attached hydrogen (secondary N) is 1. The van der Waals surface area contributed by atoms with Crippen LogP contribution in [0.25, 0.3) is 0 Å². The van der Waals surface area contributed by atoms with Crippen molar-refractivity contribution in [1.82, 2.24) is 5.32 Å². The van der Waals surface area contributed by atoms with Crippen molar-refractivity contribution in [2.45, 2.75) is 71.4 Å². The lowest BCUT2D eigenvalue weighted by atomic mass is 9.84. The monoisotopic (exact) mass is 265 g/mol. The third-order valence-electron chi connectivity index (χ3n) is 4.30. The van der Waals surface area contributed by atoms with Crippen LogP contribution in [0.3, 0.4) is 0 Å². The SMILES string of the molecule is CCc1ccc(C(C)NC2CCCC(CC)C2)s1. The minimum atomic E-state index is 0.524. The second kappa shape index (κ2) is 6.72. The van der Waals surface area contributed by atoms with E-state index in [2.05, 4.69) is 38.2 Å². The van der Waals surface area contributed by atoms with Gasteiger partial charge in [-0.3, -0.25) is 0 Å². The highest BCUT2D eigenvalue weighted by Crippen LogP contribution is 2.29. The fraction of sp³-hybridized carbons (Fsp3) is 0.750. The second-order valence-electron chi connectivity index (χ2n) is 5.68. The number of aryl methyl sites for hydroxylation is 1. The van der Waals surface area contributed by atoms with Gasteiger partial charge in [0.15, 0.2) is 0 Å². The zero-order chi connectivity index (χ0) is 13.0. The molecule has 1 aromatic rings. The van der Waals surface area contributed by atoms with Gasteiger partial charge in [-0.25, -0.2) is 0 Å². The molecule has 2 rings (SSSR count). The molecule has 1 aliphatic carbocycles. The van der Waals surface area contributed by atoms with E-state index < -0.39 is 0 Å². The standard InChI is InChI=1S/C16H27NS/c1-4-13-7-6-8-14(11-13)17-12(3)16-10-9-15(5-2)18-16/h9-10,12-14,17H,4-8,11H2,1-3H3. The Balaban J connectivity index is 1.88. The molecule has 0 aliphatic heterocycles. The molecule has 0 aromatic carbocycles. The van der Waals surface area contributed by atoms with Crippen LogP contribution in [0.1, 0.15) is 68.7 Å². The first-order valence-corrected chi connectivity index (χ1v) is 8.39. The summed E-state index contributed by atoms with van der Waals surface area (Å²) in [5, 5.41) is 3.85. The Hall–Kier alpha value is -0.340. The zero-order valence-corrected chi connectivity index (χ0v) is 12.9. The van der Waals surface area contributed by atoms with Gasteiger partial charge >= 0.3 is 0 Å². The minimum absolute atomic E-state index is 0.524. The molecule has 0 radical (unpaired) electrons. The van der Waals surface area contributed by atoms with Crippen LogP contribution in [0, 0.1) is 5.92 Å². The first kappa shape index (κ1) is 14.1. The van der Waals surface area contributed by atoms with E-state index in [1.807, 2.05) is 11.3 Å². The maximum atomic E-state index is 3.85. The molecule has 1 heterocycles. The van der Waals surface area contributed by atoms with Crippen LogP contribution in [-0.4, -0.2) is 6.04 Å². The lowest BCUT2D eigenvalue weighted by molar-refractivity contribution is 0.266. The van der Waals surface area contributed by atoms with Crippen molar-refractivity contribution in [1.29, 1.82) is 0 Å². The molecule has 0 spiro atoms. The molecule has 2 heteroatoms. The molecule has 102 valence electrons. The molecule has 1 saturated carbocycles. The molecule has 1 aliphatic rings. The highest BCUT2D eigenvalue weighted by atomic mass is 32.1. The van der Waals surface area contributed by atoms with Crippen molar-refractivity contribution >= 4 is 11.3 Å². The first-order valence-electron chi connectivity index (χ1n) is 7.57. The summed E-state index contributed by atoms with van der Waals surface area (Å²) in [4.78, 5) is 3.01. The Bertz CT molecular complexity index is 358. The topological polar surface area (TPSA) is 12.0 Å². The second-order valence-corrected chi connectivity index (χ2v) is 6.88. The van der Waals surface area contributed by atoms with Gasteiger partial charge in [-0.2, -0.15) is 0 Å². The van der Waals surface area contributed by atoms with Gasteiger partial charge in [0.1, 0.15) is 0 Å². The Morgan fingerprint density at radius 1 is 1.33 bits per heavy atom. The van der Waals surface area contributed by atoms with Gasteiger partial charge in [0.2, 0.25) is 0 Å². The molecule has 1 fully saturated rings. The first-order chi connectivity index (χ1) is 8.72. The molecule has 1 N–H and O–H groups in total. The summed E-state index contributed by atoms with van der Waals surface area (Å²) in [6, 6.07) is 5.86. The molecule has 3 atom stereocenters. The van der Waals surface area contributed by atoms with Crippen molar-refractivity contribution in [3.05, 3.63) is 21.9 Å². The Morgan fingerprint density at radius 2 is 2.17 bits per heavy atom. The zero-order valence-electron chi connectivity index (χ0n) is 12.0. The quantitative estimate of drug-likeness (QED) is 0.796. The molecular weight excluding hydrogens is 238 g/mol. The predicted molar refractivity (Wildman–Crippen MR) is 81.3 cm³/mol. The molecule has 0 saturated heterocycles. The van der Waals surface area contributed by atoms with E-state index in [9.17, 15) is 0 Å². The highest BCUT2D eigenvalue weighted by Gasteiger charge is 2.22. The van der Waals surface area contributed by atoms with Gasteiger partial charge in [-0.1, -0.05) is 33.1 Å². The van der Waals surface area contributed by atoms with Crippen LogP contribution >= 0.6 is 11.3 Å². The Labute approximate surface area is 116 Å². The smallest absolute Gasteiger partial charge is 0.0388 e. The lowest BCUT2D eigenvalue weighted by Crippen LogP contribution is -2.35. The summed E-state index contributed by atoms with van der Waals surface area (Å²) < 4.78 is 0. The van der Waals surface area contributed by atoms with Crippen LogP contribution in [0.4, 0.5) is 0 Å². The van der Waals surface area contributed by atoms with E-state index in [4.69, 9.17) is 0 Å². The van der Waals surface area contributed by atoms with Crippen LogP contribution < -0.4 is 5.32 Å². The van der Waals surface area contributed by atoms with Crippen LogP contribution in [0.15, 0.2) is 12.1 Å². The molecule has 0 amide bonds. The van der Waals surface area contributed by atoms with E-state index in [-0.39, 0.29) is 0 Å². The fourth-order valence-electron chi connectivity index (χ4n) is 3.07. The summed E-state index contributed by atoms with van der Waals surface area (Å²) in [6.07, 6.45) is 8.12. The number of thiophene rings is 1. The predicted octanol–water partition coefficient (Wildman–Crippen LogP) is 4.93. The van der Waals surface area contributed by atoms with Crippen LogP contribution in [0.5, 0.6) is 0 Å². The molecule has 1 aromatic heterocycles. The van der Waals surface area contributed by atoms with E-state index in [0.717, 1.165) is 12.0 Å². The number of rotatable bonds is 5. The third kappa shape index (κ3) is 3.58. The lowest BCUT2D eigenvalue weighted by Gasteiger charge is -2.31. The van der Waals surface area contributed by atoms with Gasteiger partial charge in [0, 0.05) is 21.8 Å². The third-order valence-corrected chi connectivity index (χ3v) is 5.72. The summed E-state index contributed by atoms with van der Waals surface area (Å²) in [5.41, 5.74) is 0.